The van der Waals surface area contributed by atoms with E-state index in [0.717, 1.165) is 16.7 Å². The fraction of sp³-hybridized carbons (Fsp3) is 0.290. The third kappa shape index (κ3) is 8.57. The third-order valence-corrected chi connectivity index (χ3v) is 8.97. The molecule has 1 fully saturated rings. The average molecular weight is 563 g/mol. The Labute approximate surface area is 239 Å². The summed E-state index contributed by atoms with van der Waals surface area (Å²) < 4.78 is 18.2. The van der Waals surface area contributed by atoms with Gasteiger partial charge in [-0.1, -0.05) is 48.0 Å². The molecule has 1 aliphatic heterocycles. The number of nitrogens with one attached hydrogen (secondary N) is 1. The van der Waals surface area contributed by atoms with E-state index >= 15 is 0 Å². The molecule has 204 valence electrons. The van der Waals surface area contributed by atoms with Gasteiger partial charge in [0.1, 0.15) is 12.4 Å². The number of carbonyl (C=O) groups is 1. The lowest BCUT2D eigenvalue weighted by Crippen LogP contribution is -2.24. The third-order valence-electron chi connectivity index (χ3n) is 5.87. The number of amides is 1. The maximum Gasteiger partial charge on any atom is 0.277 e. The summed E-state index contributed by atoms with van der Waals surface area (Å²) in [4.78, 5) is 12.3. The first-order valence-electron chi connectivity index (χ1n) is 12.9. The van der Waals surface area contributed by atoms with Crippen molar-refractivity contribution in [2.24, 2.45) is 5.10 Å². The van der Waals surface area contributed by atoms with Crippen molar-refractivity contribution in [1.82, 2.24) is 5.43 Å². The number of aryl methyl sites for hydroxylation is 1. The van der Waals surface area contributed by atoms with E-state index in [1.165, 1.54) is 22.6 Å². The molecule has 0 spiro atoms. The fourth-order valence-electron chi connectivity index (χ4n) is 3.96. The molecule has 3 aromatic carbocycles. The van der Waals surface area contributed by atoms with Crippen LogP contribution in [-0.2, 0) is 17.8 Å². The van der Waals surface area contributed by atoms with E-state index in [1.54, 1.807) is 6.21 Å². The lowest BCUT2D eigenvalue weighted by Gasteiger charge is -2.17. The molecule has 1 N–H and O–H groups in total. The lowest BCUT2D eigenvalue weighted by atomic mass is 10.1. The smallest absolute Gasteiger partial charge is 0.277 e. The molecule has 39 heavy (non-hydrogen) atoms. The summed E-state index contributed by atoms with van der Waals surface area (Å²) in [6.45, 7) is 8.66. The molecule has 0 bridgehead atoms. The predicted molar refractivity (Wildman–Crippen MR) is 162 cm³/mol. The number of carbonyl (C=O) groups excluding carboxylic acids is 1. The van der Waals surface area contributed by atoms with Gasteiger partial charge in [-0.15, -0.1) is 30.1 Å². The number of hydrogen-bond acceptors (Lipinski definition) is 7. The Morgan fingerprint density at radius 1 is 1.05 bits per heavy atom. The zero-order valence-corrected chi connectivity index (χ0v) is 24.0. The number of rotatable bonds is 13. The van der Waals surface area contributed by atoms with Gasteiger partial charge >= 0.3 is 0 Å². The molecule has 1 saturated heterocycles. The fourth-order valence-corrected chi connectivity index (χ4v) is 6.82. The van der Waals surface area contributed by atoms with Crippen LogP contribution in [0.5, 0.6) is 17.2 Å². The monoisotopic (exact) mass is 562 g/mol. The Balaban J connectivity index is 1.35. The quantitative estimate of drug-likeness (QED) is 0.142. The van der Waals surface area contributed by atoms with Crippen molar-refractivity contribution in [3.05, 3.63) is 101 Å². The van der Waals surface area contributed by atoms with E-state index in [0.29, 0.717) is 41.5 Å². The molecule has 1 heterocycles. The molecule has 0 aliphatic carbocycles. The Morgan fingerprint density at radius 3 is 2.49 bits per heavy atom. The van der Waals surface area contributed by atoms with Crippen LogP contribution in [0.1, 0.15) is 39.3 Å². The second kappa shape index (κ2) is 14.7. The van der Waals surface area contributed by atoms with Crippen molar-refractivity contribution in [2.45, 2.75) is 31.5 Å². The number of hydrogen-bond donors (Lipinski definition) is 1. The Bertz CT molecular complexity index is 1270. The maximum atomic E-state index is 12.3. The molecule has 0 aromatic heterocycles. The summed E-state index contributed by atoms with van der Waals surface area (Å²) in [5.74, 6) is 3.99. The molecule has 8 heteroatoms. The van der Waals surface area contributed by atoms with E-state index in [9.17, 15) is 4.79 Å². The minimum Gasteiger partial charge on any atom is -0.490 e. The van der Waals surface area contributed by atoms with Crippen molar-refractivity contribution in [3.8, 4) is 17.2 Å². The molecular formula is C31H34N2O4S2. The molecule has 1 aliphatic rings. The molecule has 4 rings (SSSR count). The minimum atomic E-state index is -0.341. The van der Waals surface area contributed by atoms with Crippen LogP contribution in [0.3, 0.4) is 0 Å². The Morgan fingerprint density at radius 2 is 1.79 bits per heavy atom. The van der Waals surface area contributed by atoms with E-state index in [4.69, 9.17) is 14.2 Å². The number of allylic oxidation sites excluding steroid dienone is 1. The van der Waals surface area contributed by atoms with Crippen LogP contribution < -0.4 is 19.6 Å². The molecule has 0 radical (unpaired) electrons. The van der Waals surface area contributed by atoms with Crippen molar-refractivity contribution < 1.29 is 19.0 Å². The first-order valence-corrected chi connectivity index (χ1v) is 15.0. The van der Waals surface area contributed by atoms with Crippen LogP contribution >= 0.6 is 23.5 Å². The topological polar surface area (TPSA) is 69.2 Å². The number of ether oxygens (including phenoxy) is 3. The summed E-state index contributed by atoms with van der Waals surface area (Å²) >= 11 is 3.92. The highest BCUT2D eigenvalue weighted by Gasteiger charge is 2.18. The zero-order chi connectivity index (χ0) is 27.5. The van der Waals surface area contributed by atoms with Crippen molar-refractivity contribution in [1.29, 1.82) is 0 Å². The minimum absolute atomic E-state index is 0.124. The Hall–Kier alpha value is -3.36. The van der Waals surface area contributed by atoms with Gasteiger partial charge in [0, 0.05) is 17.1 Å². The SMILES string of the molecule is C=CCc1cc(/C=N\NC(=O)COc2ccc(C3SCCS3)cc2)cc(OCC)c1OCc1ccc(C)cc1. The van der Waals surface area contributed by atoms with Crippen molar-refractivity contribution in [3.63, 3.8) is 0 Å². The number of hydrazone groups is 1. The van der Waals surface area contributed by atoms with Gasteiger partial charge in [-0.2, -0.15) is 5.10 Å². The summed E-state index contributed by atoms with van der Waals surface area (Å²) in [7, 11) is 0. The highest BCUT2D eigenvalue weighted by Crippen LogP contribution is 2.45. The molecule has 1 amide bonds. The van der Waals surface area contributed by atoms with E-state index in [-0.39, 0.29) is 12.5 Å². The van der Waals surface area contributed by atoms with E-state index in [1.807, 2.05) is 60.8 Å². The summed E-state index contributed by atoms with van der Waals surface area (Å²) in [5, 5.41) is 4.12. The van der Waals surface area contributed by atoms with Crippen LogP contribution in [0.4, 0.5) is 0 Å². The largest absolute Gasteiger partial charge is 0.490 e. The second-order valence-electron chi connectivity index (χ2n) is 8.93. The van der Waals surface area contributed by atoms with Crippen molar-refractivity contribution >= 4 is 35.6 Å². The molecule has 0 saturated carbocycles. The van der Waals surface area contributed by atoms with Gasteiger partial charge in [-0.25, -0.2) is 5.43 Å². The van der Waals surface area contributed by atoms with Crippen LogP contribution in [0, 0.1) is 6.92 Å². The van der Waals surface area contributed by atoms with E-state index < -0.39 is 0 Å². The first kappa shape index (κ1) is 28.6. The van der Waals surface area contributed by atoms with Gasteiger partial charge in [0.15, 0.2) is 18.1 Å². The number of nitrogens with zero attached hydrogens (tertiary/aromatic N) is 1. The molecule has 3 aromatic rings. The van der Waals surface area contributed by atoms with Gasteiger partial charge in [0.25, 0.3) is 5.91 Å². The van der Waals surface area contributed by atoms with Gasteiger partial charge in [0.2, 0.25) is 0 Å². The van der Waals surface area contributed by atoms with Crippen molar-refractivity contribution in [2.75, 3.05) is 24.7 Å². The lowest BCUT2D eigenvalue weighted by molar-refractivity contribution is -0.123. The van der Waals surface area contributed by atoms with Gasteiger partial charge < -0.3 is 14.2 Å². The average Bonchev–Trinajstić information content (AvgIpc) is 3.48. The van der Waals surface area contributed by atoms with E-state index in [2.05, 4.69) is 60.4 Å². The Kier molecular flexibility index (Phi) is 10.8. The van der Waals surface area contributed by atoms with Crippen LogP contribution in [0.15, 0.2) is 78.4 Å². The van der Waals surface area contributed by atoms with Gasteiger partial charge in [0.05, 0.1) is 17.4 Å². The molecule has 0 unspecified atom stereocenters. The second-order valence-corrected chi connectivity index (χ2v) is 11.7. The molecular weight excluding hydrogens is 528 g/mol. The van der Waals surface area contributed by atoms with Crippen LogP contribution in [0.2, 0.25) is 0 Å². The molecule has 0 atom stereocenters. The molecule has 6 nitrogen and oxygen atoms in total. The summed E-state index contributed by atoms with van der Waals surface area (Å²) in [6, 6.07) is 20.0. The van der Waals surface area contributed by atoms with Gasteiger partial charge in [-0.05, 0) is 61.2 Å². The predicted octanol–water partition coefficient (Wildman–Crippen LogP) is 6.71. The number of benzene rings is 3. The maximum absolute atomic E-state index is 12.3. The summed E-state index contributed by atoms with van der Waals surface area (Å²) in [5.41, 5.74) is 7.79. The number of thioether (sulfide) groups is 2. The van der Waals surface area contributed by atoms with Gasteiger partial charge in [-0.3, -0.25) is 4.79 Å². The van der Waals surface area contributed by atoms with Crippen LogP contribution in [-0.4, -0.2) is 36.8 Å². The standard InChI is InChI=1S/C31H34N2O4S2/c1-4-6-26-17-24(18-28(35-5-2)30(26)37-20-23-9-7-22(3)8-10-23)19-32-33-29(34)21-36-27-13-11-25(12-14-27)31-38-15-16-39-31/h4,7-14,17-19,31H,1,5-6,15-16,20-21H2,2-3H3,(H,33,34)/b32-19-. The first-order chi connectivity index (χ1) is 19.1. The summed E-state index contributed by atoms with van der Waals surface area (Å²) in [6.07, 6.45) is 4.01. The van der Waals surface area contributed by atoms with Crippen LogP contribution in [0.25, 0.3) is 0 Å². The normalized spacial score (nSPS) is 13.4. The highest BCUT2D eigenvalue weighted by molar-refractivity contribution is 8.19. The highest BCUT2D eigenvalue weighted by atomic mass is 32.2. The zero-order valence-electron chi connectivity index (χ0n) is 22.4.